The van der Waals surface area contributed by atoms with Gasteiger partial charge in [0.2, 0.25) is 0 Å². The summed E-state index contributed by atoms with van der Waals surface area (Å²) in [5, 5.41) is 0. The van der Waals surface area contributed by atoms with E-state index in [1.807, 2.05) is 12.4 Å². The van der Waals surface area contributed by atoms with E-state index in [0.29, 0.717) is 0 Å². The van der Waals surface area contributed by atoms with Gasteiger partial charge >= 0.3 is 0 Å². The smallest absolute Gasteiger partial charge is 0.169 e. The van der Waals surface area contributed by atoms with E-state index in [1.54, 1.807) is 0 Å². The number of rotatable bonds is 18. The molecule has 2 aromatic heterocycles. The van der Waals surface area contributed by atoms with E-state index >= 15 is 0 Å². The largest absolute Gasteiger partial charge is 1.00 e. The molecule has 2 rings (SSSR count). The van der Waals surface area contributed by atoms with Gasteiger partial charge in [0.15, 0.2) is 24.8 Å². The number of aromatic nitrogens is 2. The molecule has 0 aromatic carbocycles. The van der Waals surface area contributed by atoms with E-state index in [4.69, 9.17) is 0 Å². The minimum atomic E-state index is 0. The van der Waals surface area contributed by atoms with Crippen LogP contribution in [0, 0.1) is 0 Å². The molecule has 32 heavy (non-hydrogen) atoms. The van der Waals surface area contributed by atoms with E-state index in [9.17, 15) is 0 Å². The Morgan fingerprint density at radius 1 is 0.531 bits per heavy atom. The fourth-order valence-electron chi connectivity index (χ4n) is 4.22. The molecular weight excluding hydrogens is 524 g/mol. The molecule has 0 aliphatic heterocycles. The zero-order chi connectivity index (χ0) is 21.1. The maximum atomic E-state index is 3.08. The number of nitrogens with zero attached hydrogens (tertiary/aromatic N) is 1. The van der Waals surface area contributed by atoms with Crippen molar-refractivity contribution >= 4 is 0 Å². The first kappa shape index (κ1) is 31.3. The summed E-state index contributed by atoms with van der Waals surface area (Å²) in [5.41, 5.74) is 2.55. The molecule has 0 atom stereocenters. The summed E-state index contributed by atoms with van der Waals surface area (Å²) >= 11 is 0. The first-order valence-electron chi connectivity index (χ1n) is 12.9. The molecule has 0 bridgehead atoms. The van der Waals surface area contributed by atoms with Gasteiger partial charge in [-0.05, 0) is 17.5 Å². The normalized spacial score (nSPS) is 10.4. The Hall–Kier alpha value is -0.740. The number of pyridine rings is 2. The number of halogens is 2. The Kier molecular flexibility index (Phi) is 21.6. The van der Waals surface area contributed by atoms with Crippen molar-refractivity contribution in [2.24, 2.45) is 0 Å². The summed E-state index contributed by atoms with van der Waals surface area (Å²) in [6, 6.07) is 8.69. The fourth-order valence-corrected chi connectivity index (χ4v) is 4.22. The lowest BCUT2D eigenvalue weighted by molar-refractivity contribution is -0.697. The van der Waals surface area contributed by atoms with E-state index in [1.165, 1.54) is 114 Å². The third-order valence-corrected chi connectivity index (χ3v) is 6.21. The first-order chi connectivity index (χ1) is 14.9. The number of aromatic amines is 1. The molecule has 0 saturated carbocycles. The van der Waals surface area contributed by atoms with Crippen LogP contribution in [0.2, 0.25) is 0 Å². The number of hydrogen-bond acceptors (Lipinski definition) is 0. The van der Waals surface area contributed by atoms with Gasteiger partial charge in [-0.3, -0.25) is 0 Å². The Morgan fingerprint density at radius 3 is 1.34 bits per heavy atom. The van der Waals surface area contributed by atoms with Crippen molar-refractivity contribution in [2.75, 3.05) is 0 Å². The SMILES string of the molecule is CCCCCCCCCCCCCCCCCC[n+]1ccc(-c2cc[nH+]cc2)cc1.[Br-].[Br-]. The van der Waals surface area contributed by atoms with Gasteiger partial charge < -0.3 is 34.0 Å². The minimum absolute atomic E-state index is 0. The average molecular weight is 570 g/mol. The molecule has 2 heterocycles. The van der Waals surface area contributed by atoms with Crippen LogP contribution in [0.4, 0.5) is 0 Å². The average Bonchev–Trinajstić information content (AvgIpc) is 2.80. The van der Waals surface area contributed by atoms with Crippen LogP contribution in [0.5, 0.6) is 0 Å². The van der Waals surface area contributed by atoms with Gasteiger partial charge in [0.25, 0.3) is 0 Å². The highest BCUT2D eigenvalue weighted by atomic mass is 79.9. The third kappa shape index (κ3) is 15.2. The summed E-state index contributed by atoms with van der Waals surface area (Å²) in [6.07, 6.45) is 31.3. The Morgan fingerprint density at radius 2 is 0.906 bits per heavy atom. The van der Waals surface area contributed by atoms with Crippen molar-refractivity contribution in [1.29, 1.82) is 0 Å². The van der Waals surface area contributed by atoms with Crippen LogP contribution in [0.1, 0.15) is 110 Å². The molecule has 0 aliphatic rings. The molecule has 4 heteroatoms. The van der Waals surface area contributed by atoms with Crippen LogP contribution in [0.15, 0.2) is 49.1 Å². The van der Waals surface area contributed by atoms with E-state index in [2.05, 4.69) is 53.1 Å². The number of hydrogen-bond donors (Lipinski definition) is 0. The first-order valence-corrected chi connectivity index (χ1v) is 12.9. The van der Waals surface area contributed by atoms with Crippen molar-refractivity contribution in [3.63, 3.8) is 0 Å². The van der Waals surface area contributed by atoms with Gasteiger partial charge in [-0.15, -0.1) is 0 Å². The zero-order valence-electron chi connectivity index (χ0n) is 20.3. The summed E-state index contributed by atoms with van der Waals surface area (Å²) in [4.78, 5) is 3.08. The molecule has 0 amide bonds. The molecule has 2 aromatic rings. The number of aryl methyl sites for hydroxylation is 1. The lowest BCUT2D eigenvalue weighted by Gasteiger charge is -2.03. The van der Waals surface area contributed by atoms with Crippen molar-refractivity contribution in [1.82, 2.24) is 0 Å². The van der Waals surface area contributed by atoms with E-state index in [-0.39, 0.29) is 34.0 Å². The lowest BCUT2D eigenvalue weighted by Crippen LogP contribution is -3.00. The van der Waals surface area contributed by atoms with Gasteiger partial charge in [-0.25, -0.2) is 9.55 Å². The highest BCUT2D eigenvalue weighted by Gasteiger charge is 2.03. The van der Waals surface area contributed by atoms with Gasteiger partial charge in [-0.2, -0.15) is 0 Å². The molecule has 0 unspecified atom stereocenters. The molecular formula is C28H46Br2N2. The highest BCUT2D eigenvalue weighted by Crippen LogP contribution is 2.16. The Bertz CT molecular complexity index is 632. The maximum absolute atomic E-state index is 3.08. The van der Waals surface area contributed by atoms with Crippen molar-refractivity contribution < 1.29 is 43.5 Å². The molecule has 1 N–H and O–H groups in total. The predicted molar refractivity (Wildman–Crippen MR) is 128 cm³/mol. The second-order valence-electron chi connectivity index (χ2n) is 8.92. The lowest BCUT2D eigenvalue weighted by atomic mass is 10.0. The van der Waals surface area contributed by atoms with Crippen molar-refractivity contribution in [2.45, 2.75) is 116 Å². The van der Waals surface area contributed by atoms with Crippen LogP contribution < -0.4 is 43.5 Å². The molecule has 0 spiro atoms. The van der Waals surface area contributed by atoms with Crippen LogP contribution >= 0.6 is 0 Å². The second kappa shape index (κ2) is 22.1. The molecule has 2 nitrogen and oxygen atoms in total. The van der Waals surface area contributed by atoms with E-state index in [0.717, 1.165) is 6.54 Å². The monoisotopic (exact) mass is 568 g/mol. The van der Waals surface area contributed by atoms with E-state index < -0.39 is 0 Å². The molecule has 0 saturated heterocycles. The Balaban J connectivity index is 0.00000480. The topological polar surface area (TPSA) is 18.0 Å². The van der Waals surface area contributed by atoms with Crippen LogP contribution in [0.25, 0.3) is 11.1 Å². The van der Waals surface area contributed by atoms with Gasteiger partial charge in [0.05, 0.1) is 0 Å². The standard InChI is InChI=1S/C28H45N2.2BrH/c1-2-3-4-5-6-7-8-9-10-11-12-13-14-15-16-17-24-30-25-20-28(21-26-30)27-18-22-29-23-19-27;;/h18-23,25-26H,2-17,24H2,1H3;2*1H/q+1;;/p-1. The Labute approximate surface area is 219 Å². The van der Waals surface area contributed by atoms with Gasteiger partial charge in [0, 0.05) is 30.7 Å². The minimum Gasteiger partial charge on any atom is -1.00 e. The quantitative estimate of drug-likeness (QED) is 0.192. The molecule has 0 aliphatic carbocycles. The summed E-state index contributed by atoms with van der Waals surface area (Å²) in [5.74, 6) is 0. The predicted octanol–water partition coefficient (Wildman–Crippen LogP) is 1.72. The molecule has 0 fully saturated rings. The maximum Gasteiger partial charge on any atom is 0.169 e. The van der Waals surface area contributed by atoms with Gasteiger partial charge in [0.1, 0.15) is 6.54 Å². The summed E-state index contributed by atoms with van der Waals surface area (Å²) in [7, 11) is 0. The van der Waals surface area contributed by atoms with Crippen LogP contribution in [-0.4, -0.2) is 0 Å². The van der Waals surface area contributed by atoms with Crippen molar-refractivity contribution in [3.05, 3.63) is 49.1 Å². The highest BCUT2D eigenvalue weighted by molar-refractivity contribution is 5.60. The molecule has 0 radical (unpaired) electrons. The molecule has 182 valence electrons. The zero-order valence-corrected chi connectivity index (χ0v) is 23.5. The number of H-pyrrole nitrogens is 1. The summed E-state index contributed by atoms with van der Waals surface area (Å²) in [6.45, 7) is 3.44. The van der Waals surface area contributed by atoms with Gasteiger partial charge in [-0.1, -0.05) is 96.8 Å². The van der Waals surface area contributed by atoms with Crippen molar-refractivity contribution in [3.8, 4) is 11.1 Å². The van der Waals surface area contributed by atoms with Crippen LogP contribution in [-0.2, 0) is 6.54 Å². The fraction of sp³-hybridized carbons (Fsp3) is 0.643. The third-order valence-electron chi connectivity index (χ3n) is 6.21. The number of unbranched alkanes of at least 4 members (excludes halogenated alkanes) is 15. The second-order valence-corrected chi connectivity index (χ2v) is 8.92. The summed E-state index contributed by atoms with van der Waals surface area (Å²) < 4.78 is 2.32. The van der Waals surface area contributed by atoms with Crippen LogP contribution in [0.3, 0.4) is 0 Å². The number of nitrogens with one attached hydrogen (secondary N) is 1.